The molecule has 19 heavy (non-hydrogen) atoms. The first-order chi connectivity index (χ1) is 8.99. The van der Waals surface area contributed by atoms with E-state index >= 15 is 0 Å². The molecule has 1 aliphatic heterocycles. The van der Waals surface area contributed by atoms with Crippen molar-refractivity contribution in [3.63, 3.8) is 0 Å². The third-order valence-electron chi connectivity index (χ3n) is 3.36. The Balaban J connectivity index is 2.05. The molecule has 0 amide bonds. The number of halogens is 1. The van der Waals surface area contributed by atoms with E-state index in [1.807, 2.05) is 0 Å². The van der Waals surface area contributed by atoms with Crippen LogP contribution < -0.4 is 10.0 Å². The van der Waals surface area contributed by atoms with Gasteiger partial charge in [-0.25, -0.2) is 13.1 Å². The van der Waals surface area contributed by atoms with Gasteiger partial charge in [0.25, 0.3) is 0 Å². The maximum absolute atomic E-state index is 12.2. The smallest absolute Gasteiger partial charge is 0.240 e. The van der Waals surface area contributed by atoms with Gasteiger partial charge in [-0.1, -0.05) is 18.0 Å². The zero-order valence-corrected chi connectivity index (χ0v) is 12.5. The van der Waals surface area contributed by atoms with Gasteiger partial charge in [-0.3, -0.25) is 0 Å². The third kappa shape index (κ3) is 3.92. The summed E-state index contributed by atoms with van der Waals surface area (Å²) in [6.45, 7) is 3.15. The van der Waals surface area contributed by atoms with Crippen LogP contribution in [-0.4, -0.2) is 27.5 Å². The molecule has 2 N–H and O–H groups in total. The number of benzene rings is 1. The monoisotopic (exact) mass is 302 g/mol. The van der Waals surface area contributed by atoms with Crippen molar-refractivity contribution in [3.8, 4) is 0 Å². The van der Waals surface area contributed by atoms with Crippen molar-refractivity contribution in [2.45, 2.75) is 37.1 Å². The summed E-state index contributed by atoms with van der Waals surface area (Å²) in [5.41, 5.74) is 0.664. The lowest BCUT2D eigenvalue weighted by Gasteiger charge is -2.23. The molecule has 1 aromatic carbocycles. The first kappa shape index (κ1) is 14.8. The summed E-state index contributed by atoms with van der Waals surface area (Å²) in [4.78, 5) is 0.299. The minimum absolute atomic E-state index is 0.233. The summed E-state index contributed by atoms with van der Waals surface area (Å²) >= 11 is 5.84. The molecule has 1 atom stereocenters. The summed E-state index contributed by atoms with van der Waals surface area (Å²) in [5, 5.41) is 3.87. The van der Waals surface area contributed by atoms with Crippen LogP contribution >= 0.6 is 11.6 Å². The van der Waals surface area contributed by atoms with Crippen LogP contribution in [0.25, 0.3) is 0 Å². The van der Waals surface area contributed by atoms with Crippen molar-refractivity contribution < 1.29 is 8.42 Å². The maximum atomic E-state index is 12.2. The lowest BCUT2D eigenvalue weighted by atomic mass is 10.1. The molecule has 0 aliphatic carbocycles. The van der Waals surface area contributed by atoms with Crippen molar-refractivity contribution in [2.75, 3.05) is 13.1 Å². The van der Waals surface area contributed by atoms with E-state index < -0.39 is 10.0 Å². The van der Waals surface area contributed by atoms with E-state index in [9.17, 15) is 8.42 Å². The van der Waals surface area contributed by atoms with E-state index in [0.29, 0.717) is 22.0 Å². The highest BCUT2D eigenvalue weighted by atomic mass is 35.5. The molecular formula is C13H19ClN2O2S. The average molecular weight is 303 g/mol. The van der Waals surface area contributed by atoms with Crippen molar-refractivity contribution >= 4 is 21.6 Å². The Morgan fingerprint density at radius 3 is 2.84 bits per heavy atom. The number of sulfonamides is 1. The molecule has 1 aromatic rings. The van der Waals surface area contributed by atoms with Gasteiger partial charge in [-0.2, -0.15) is 0 Å². The summed E-state index contributed by atoms with van der Waals surface area (Å²) in [5.74, 6) is 0. The molecule has 1 fully saturated rings. The van der Waals surface area contributed by atoms with Gasteiger partial charge in [-0.05, 0) is 50.1 Å². The largest absolute Gasteiger partial charge is 0.313 e. The molecule has 1 heterocycles. The van der Waals surface area contributed by atoms with E-state index in [1.54, 1.807) is 25.1 Å². The lowest BCUT2D eigenvalue weighted by molar-refractivity contribution is 0.398. The van der Waals surface area contributed by atoms with Crippen LogP contribution in [0.2, 0.25) is 5.02 Å². The number of piperidine rings is 1. The number of hydrogen-bond acceptors (Lipinski definition) is 3. The topological polar surface area (TPSA) is 58.2 Å². The van der Waals surface area contributed by atoms with E-state index in [-0.39, 0.29) is 6.04 Å². The Morgan fingerprint density at radius 1 is 1.42 bits per heavy atom. The predicted molar refractivity (Wildman–Crippen MR) is 77.0 cm³/mol. The summed E-state index contributed by atoms with van der Waals surface area (Å²) in [7, 11) is -3.46. The molecule has 0 bridgehead atoms. The maximum Gasteiger partial charge on any atom is 0.240 e. The molecule has 1 aliphatic rings. The SMILES string of the molecule is Cc1cc(Cl)ccc1S(=O)(=O)NCC1CCCCN1. The number of hydrogen-bond donors (Lipinski definition) is 2. The van der Waals surface area contributed by atoms with Crippen LogP contribution in [0.15, 0.2) is 23.1 Å². The summed E-state index contributed by atoms with van der Waals surface area (Å²) < 4.78 is 27.1. The molecule has 2 rings (SSSR count). The second kappa shape index (κ2) is 6.22. The van der Waals surface area contributed by atoms with Gasteiger partial charge in [-0.15, -0.1) is 0 Å². The zero-order valence-electron chi connectivity index (χ0n) is 10.9. The first-order valence-electron chi connectivity index (χ1n) is 6.48. The third-order valence-corrected chi connectivity index (χ3v) is 5.18. The van der Waals surface area contributed by atoms with Crippen LogP contribution in [0, 0.1) is 6.92 Å². The molecule has 0 aromatic heterocycles. The van der Waals surface area contributed by atoms with Crippen LogP contribution in [-0.2, 0) is 10.0 Å². The molecule has 4 nitrogen and oxygen atoms in total. The lowest BCUT2D eigenvalue weighted by Crippen LogP contribution is -2.43. The van der Waals surface area contributed by atoms with Crippen molar-refractivity contribution in [3.05, 3.63) is 28.8 Å². The Morgan fingerprint density at radius 2 is 2.21 bits per heavy atom. The molecule has 0 radical (unpaired) electrons. The summed E-state index contributed by atoms with van der Waals surface area (Å²) in [6, 6.07) is 5.04. The van der Waals surface area contributed by atoms with Crippen LogP contribution in [0.3, 0.4) is 0 Å². The van der Waals surface area contributed by atoms with Crippen LogP contribution in [0.5, 0.6) is 0 Å². The molecule has 1 unspecified atom stereocenters. The quantitative estimate of drug-likeness (QED) is 0.895. The van der Waals surface area contributed by atoms with E-state index in [4.69, 9.17) is 11.6 Å². The van der Waals surface area contributed by atoms with Gasteiger partial charge >= 0.3 is 0 Å². The van der Waals surface area contributed by atoms with E-state index in [2.05, 4.69) is 10.0 Å². The molecule has 0 saturated carbocycles. The van der Waals surface area contributed by atoms with E-state index in [1.165, 1.54) is 6.42 Å². The second-order valence-corrected chi connectivity index (χ2v) is 7.08. The van der Waals surface area contributed by atoms with Gasteiger partial charge in [0.15, 0.2) is 0 Å². The van der Waals surface area contributed by atoms with Crippen molar-refractivity contribution in [1.29, 1.82) is 0 Å². The van der Waals surface area contributed by atoms with Crippen molar-refractivity contribution in [1.82, 2.24) is 10.0 Å². The van der Waals surface area contributed by atoms with Gasteiger partial charge < -0.3 is 5.32 Å². The number of nitrogens with one attached hydrogen (secondary N) is 2. The fourth-order valence-electron chi connectivity index (χ4n) is 2.30. The summed E-state index contributed by atoms with van der Waals surface area (Å²) in [6.07, 6.45) is 3.33. The zero-order chi connectivity index (χ0) is 13.9. The van der Waals surface area contributed by atoms with Gasteiger partial charge in [0, 0.05) is 17.6 Å². The van der Waals surface area contributed by atoms with Crippen molar-refractivity contribution in [2.24, 2.45) is 0 Å². The Hall–Kier alpha value is -0.620. The molecule has 1 saturated heterocycles. The van der Waals surface area contributed by atoms with Gasteiger partial charge in [0.05, 0.1) is 4.90 Å². The average Bonchev–Trinajstić information content (AvgIpc) is 2.37. The molecular weight excluding hydrogens is 284 g/mol. The minimum Gasteiger partial charge on any atom is -0.313 e. The molecule has 106 valence electrons. The van der Waals surface area contributed by atoms with Crippen LogP contribution in [0.4, 0.5) is 0 Å². The Labute approximate surface area is 119 Å². The van der Waals surface area contributed by atoms with Gasteiger partial charge in [0.1, 0.15) is 0 Å². The van der Waals surface area contributed by atoms with Crippen LogP contribution in [0.1, 0.15) is 24.8 Å². The van der Waals surface area contributed by atoms with E-state index in [0.717, 1.165) is 19.4 Å². The number of rotatable bonds is 4. The number of aryl methyl sites for hydroxylation is 1. The fraction of sp³-hybridized carbons (Fsp3) is 0.538. The normalized spacial score (nSPS) is 20.4. The highest BCUT2D eigenvalue weighted by Gasteiger charge is 2.19. The highest BCUT2D eigenvalue weighted by molar-refractivity contribution is 7.89. The minimum atomic E-state index is -3.46. The van der Waals surface area contributed by atoms with Gasteiger partial charge in [0.2, 0.25) is 10.0 Å². The standard InChI is InChI=1S/C13H19ClN2O2S/c1-10-8-11(14)5-6-13(10)19(17,18)16-9-12-4-2-3-7-15-12/h5-6,8,12,15-16H,2-4,7,9H2,1H3. The predicted octanol–water partition coefficient (Wildman–Crippen LogP) is 2.07. The fourth-order valence-corrected chi connectivity index (χ4v) is 3.83. The molecule has 0 spiro atoms. The Kier molecular flexibility index (Phi) is 4.84. The first-order valence-corrected chi connectivity index (χ1v) is 8.34. The Bertz CT molecular complexity index is 540. The highest BCUT2D eigenvalue weighted by Crippen LogP contribution is 2.19. The molecule has 6 heteroatoms. The second-order valence-electron chi connectivity index (χ2n) is 4.91.